The first-order valence-electron chi connectivity index (χ1n) is 5.08. The van der Waals surface area contributed by atoms with Crippen LogP contribution in [0.2, 0.25) is 0 Å². The summed E-state index contributed by atoms with van der Waals surface area (Å²) in [6, 6.07) is 5.42. The van der Waals surface area contributed by atoms with Crippen molar-refractivity contribution in [2.45, 2.75) is 12.5 Å². The molecule has 1 unspecified atom stereocenters. The largest absolute Gasteiger partial charge is 0.419 e. The Hall–Kier alpha value is -1.59. The van der Waals surface area contributed by atoms with Crippen molar-refractivity contribution in [3.8, 4) is 0 Å². The Kier molecular flexibility index (Phi) is 2.80. The van der Waals surface area contributed by atoms with E-state index in [-0.39, 0.29) is 12.3 Å². The van der Waals surface area contributed by atoms with Gasteiger partial charge in [-0.25, -0.2) is 4.79 Å². The molecular weight excluding hydrogens is 208 g/mol. The van der Waals surface area contributed by atoms with Crippen molar-refractivity contribution in [3.63, 3.8) is 0 Å². The molecule has 3 N–H and O–H groups in total. The molecule has 5 heteroatoms. The minimum Gasteiger partial charge on any atom is -0.408 e. The first-order chi connectivity index (χ1) is 7.61. The smallest absolute Gasteiger partial charge is 0.408 e. The number of hydrogen-bond acceptors (Lipinski definition) is 4. The molecule has 1 heterocycles. The van der Waals surface area contributed by atoms with E-state index in [1.807, 2.05) is 6.07 Å². The van der Waals surface area contributed by atoms with E-state index in [0.29, 0.717) is 12.0 Å². The van der Waals surface area contributed by atoms with Crippen molar-refractivity contribution in [2.24, 2.45) is 12.8 Å². The van der Waals surface area contributed by atoms with Crippen molar-refractivity contribution in [1.82, 2.24) is 4.57 Å². The monoisotopic (exact) mass is 222 g/mol. The third kappa shape index (κ3) is 1.87. The standard InChI is InChI=1S/C11H14N2O3/c1-13-9-3-2-7(4-8(14)6-12)5-10(9)16-11(13)15/h2-3,5,8,14H,4,6,12H2,1H3. The van der Waals surface area contributed by atoms with Gasteiger partial charge in [0.05, 0.1) is 11.6 Å². The Morgan fingerprint density at radius 3 is 3.00 bits per heavy atom. The molecule has 0 fully saturated rings. The number of fused-ring (bicyclic) bond motifs is 1. The number of aryl methyl sites for hydroxylation is 1. The second-order valence-electron chi connectivity index (χ2n) is 3.82. The van der Waals surface area contributed by atoms with Crippen LogP contribution in [0.15, 0.2) is 27.4 Å². The van der Waals surface area contributed by atoms with Gasteiger partial charge in [0, 0.05) is 13.6 Å². The molecule has 0 aliphatic carbocycles. The highest BCUT2D eigenvalue weighted by molar-refractivity contribution is 5.73. The van der Waals surface area contributed by atoms with E-state index in [1.54, 1.807) is 19.2 Å². The number of benzene rings is 1. The van der Waals surface area contributed by atoms with E-state index >= 15 is 0 Å². The fourth-order valence-electron chi connectivity index (χ4n) is 1.66. The maximum atomic E-state index is 11.3. The van der Waals surface area contributed by atoms with Gasteiger partial charge < -0.3 is 15.3 Å². The summed E-state index contributed by atoms with van der Waals surface area (Å²) in [5.74, 6) is -0.383. The Balaban J connectivity index is 2.41. The Morgan fingerprint density at radius 1 is 1.56 bits per heavy atom. The maximum Gasteiger partial charge on any atom is 0.419 e. The number of aliphatic hydroxyl groups is 1. The van der Waals surface area contributed by atoms with E-state index in [2.05, 4.69) is 0 Å². The van der Waals surface area contributed by atoms with Crippen LogP contribution in [0.5, 0.6) is 0 Å². The molecule has 0 aliphatic heterocycles. The molecule has 1 aromatic carbocycles. The summed E-state index contributed by atoms with van der Waals surface area (Å²) >= 11 is 0. The molecule has 0 bridgehead atoms. The molecule has 2 rings (SSSR count). The van der Waals surface area contributed by atoms with E-state index in [1.165, 1.54) is 4.57 Å². The second kappa shape index (κ2) is 4.11. The molecule has 1 aromatic heterocycles. The predicted molar refractivity (Wildman–Crippen MR) is 60.2 cm³/mol. The van der Waals surface area contributed by atoms with E-state index in [0.717, 1.165) is 11.1 Å². The van der Waals surface area contributed by atoms with Gasteiger partial charge in [-0.05, 0) is 24.1 Å². The van der Waals surface area contributed by atoms with Gasteiger partial charge in [0.1, 0.15) is 0 Å². The first-order valence-corrected chi connectivity index (χ1v) is 5.08. The molecule has 0 radical (unpaired) electrons. The summed E-state index contributed by atoms with van der Waals surface area (Å²) in [4.78, 5) is 11.3. The van der Waals surface area contributed by atoms with Gasteiger partial charge in [-0.3, -0.25) is 4.57 Å². The van der Waals surface area contributed by atoms with Crippen LogP contribution < -0.4 is 11.5 Å². The summed E-state index contributed by atoms with van der Waals surface area (Å²) in [7, 11) is 1.66. The molecule has 5 nitrogen and oxygen atoms in total. The Labute approximate surface area is 92.1 Å². The summed E-state index contributed by atoms with van der Waals surface area (Å²) in [5, 5.41) is 9.42. The molecule has 0 amide bonds. The van der Waals surface area contributed by atoms with Crippen molar-refractivity contribution in [2.75, 3.05) is 6.54 Å². The van der Waals surface area contributed by atoms with E-state index in [9.17, 15) is 9.90 Å². The number of oxazole rings is 1. The van der Waals surface area contributed by atoms with E-state index in [4.69, 9.17) is 10.2 Å². The zero-order valence-electron chi connectivity index (χ0n) is 9.01. The zero-order chi connectivity index (χ0) is 11.7. The van der Waals surface area contributed by atoms with Crippen LogP contribution in [0.4, 0.5) is 0 Å². The normalized spacial score (nSPS) is 13.2. The summed E-state index contributed by atoms with van der Waals surface area (Å²) in [6.45, 7) is 0.219. The molecule has 86 valence electrons. The highest BCUT2D eigenvalue weighted by Crippen LogP contribution is 2.15. The zero-order valence-corrected chi connectivity index (χ0v) is 9.01. The van der Waals surface area contributed by atoms with Crippen molar-refractivity contribution in [1.29, 1.82) is 0 Å². The maximum absolute atomic E-state index is 11.3. The highest BCUT2D eigenvalue weighted by atomic mass is 16.4. The number of rotatable bonds is 3. The number of aliphatic hydroxyl groups excluding tert-OH is 1. The van der Waals surface area contributed by atoms with Gasteiger partial charge >= 0.3 is 5.76 Å². The van der Waals surface area contributed by atoms with Crippen LogP contribution in [-0.4, -0.2) is 22.3 Å². The van der Waals surface area contributed by atoms with E-state index < -0.39 is 6.10 Å². The van der Waals surface area contributed by atoms with Crippen molar-refractivity contribution >= 4 is 11.1 Å². The van der Waals surface area contributed by atoms with Crippen molar-refractivity contribution < 1.29 is 9.52 Å². The fourth-order valence-corrected chi connectivity index (χ4v) is 1.66. The molecule has 16 heavy (non-hydrogen) atoms. The average molecular weight is 222 g/mol. The van der Waals surface area contributed by atoms with Crippen LogP contribution in [0.1, 0.15) is 5.56 Å². The lowest BCUT2D eigenvalue weighted by atomic mass is 10.1. The molecule has 0 spiro atoms. The average Bonchev–Trinajstić information content (AvgIpc) is 2.54. The van der Waals surface area contributed by atoms with Crippen LogP contribution in [0, 0.1) is 0 Å². The first kappa shape index (κ1) is 10.9. The molecule has 0 saturated carbocycles. The summed E-state index contributed by atoms with van der Waals surface area (Å²) < 4.78 is 6.49. The SMILES string of the molecule is Cn1c(=O)oc2cc(CC(O)CN)ccc21. The summed E-state index contributed by atoms with van der Waals surface area (Å²) in [5.41, 5.74) is 7.52. The third-order valence-corrected chi connectivity index (χ3v) is 2.60. The van der Waals surface area contributed by atoms with Crippen LogP contribution in [0.3, 0.4) is 0 Å². The lowest BCUT2D eigenvalue weighted by Gasteiger charge is -2.06. The topological polar surface area (TPSA) is 81.4 Å². The molecular formula is C11H14N2O3. The number of nitrogens with two attached hydrogens (primary N) is 1. The van der Waals surface area contributed by atoms with Crippen molar-refractivity contribution in [3.05, 3.63) is 34.3 Å². The Morgan fingerprint density at radius 2 is 2.31 bits per heavy atom. The number of hydrogen-bond donors (Lipinski definition) is 2. The van der Waals surface area contributed by atoms with Gasteiger partial charge in [0.15, 0.2) is 5.58 Å². The van der Waals surface area contributed by atoms with Gasteiger partial charge in [-0.15, -0.1) is 0 Å². The Bertz CT molecular complexity index is 556. The van der Waals surface area contributed by atoms with Crippen LogP contribution in [0.25, 0.3) is 11.1 Å². The molecule has 1 atom stereocenters. The predicted octanol–water partition coefficient (Wildman–Crippen LogP) is -0.00640. The lowest BCUT2D eigenvalue weighted by molar-refractivity contribution is 0.183. The van der Waals surface area contributed by atoms with Crippen LogP contribution >= 0.6 is 0 Å². The van der Waals surface area contributed by atoms with Crippen LogP contribution in [-0.2, 0) is 13.5 Å². The van der Waals surface area contributed by atoms with Gasteiger partial charge in [-0.1, -0.05) is 6.07 Å². The van der Waals surface area contributed by atoms with Gasteiger partial charge in [-0.2, -0.15) is 0 Å². The second-order valence-corrected chi connectivity index (χ2v) is 3.82. The number of aromatic nitrogens is 1. The van der Waals surface area contributed by atoms with Gasteiger partial charge in [0.2, 0.25) is 0 Å². The summed E-state index contributed by atoms with van der Waals surface area (Å²) in [6.07, 6.45) is -0.0988. The quantitative estimate of drug-likeness (QED) is 0.765. The molecule has 0 aliphatic rings. The molecule has 0 saturated heterocycles. The minimum atomic E-state index is -0.562. The highest BCUT2D eigenvalue weighted by Gasteiger charge is 2.08. The third-order valence-electron chi connectivity index (χ3n) is 2.60. The number of nitrogens with zero attached hydrogens (tertiary/aromatic N) is 1. The lowest BCUT2D eigenvalue weighted by Crippen LogP contribution is -2.21. The fraction of sp³-hybridized carbons (Fsp3) is 0.364. The molecule has 2 aromatic rings. The minimum absolute atomic E-state index is 0.219. The van der Waals surface area contributed by atoms with Gasteiger partial charge in [0.25, 0.3) is 0 Å².